The highest BCUT2D eigenvalue weighted by atomic mass is 79.9. The molecule has 0 heterocycles. The van der Waals surface area contributed by atoms with E-state index in [4.69, 9.17) is 0 Å². The minimum Gasteiger partial charge on any atom is -0.228 e. The topological polar surface area (TPSA) is 34.1 Å². The summed E-state index contributed by atoms with van der Waals surface area (Å²) in [7, 11) is -2.82. The van der Waals surface area contributed by atoms with Gasteiger partial charge in [0.25, 0.3) is 0 Å². The van der Waals surface area contributed by atoms with Crippen molar-refractivity contribution in [2.24, 2.45) is 5.92 Å². The highest BCUT2D eigenvalue weighted by Gasteiger charge is 2.57. The normalized spacial score (nSPS) is 36.8. The summed E-state index contributed by atoms with van der Waals surface area (Å²) in [5, 5.41) is 0.607. The summed E-state index contributed by atoms with van der Waals surface area (Å²) in [6, 6.07) is 0. The zero-order chi connectivity index (χ0) is 9.69. The van der Waals surface area contributed by atoms with Gasteiger partial charge in [0.1, 0.15) is 0 Å². The highest BCUT2D eigenvalue weighted by Crippen LogP contribution is 2.50. The Morgan fingerprint density at radius 3 is 2.23 bits per heavy atom. The SMILES string of the molecule is C[C@H]1C[C@H](S(=O)(=O)C2(CBr)CC2)C1. The molecular formula is C9H15BrO2S. The summed E-state index contributed by atoms with van der Waals surface area (Å²) >= 11 is 3.33. The van der Waals surface area contributed by atoms with Crippen molar-refractivity contribution in [2.75, 3.05) is 5.33 Å². The van der Waals surface area contributed by atoms with Gasteiger partial charge in [-0.3, -0.25) is 0 Å². The Morgan fingerprint density at radius 2 is 1.92 bits per heavy atom. The van der Waals surface area contributed by atoms with Crippen molar-refractivity contribution in [1.82, 2.24) is 0 Å². The fourth-order valence-corrected chi connectivity index (χ4v) is 6.28. The molecular weight excluding hydrogens is 252 g/mol. The number of sulfone groups is 1. The maximum atomic E-state index is 12.0. The Hall–Kier alpha value is 0.430. The van der Waals surface area contributed by atoms with Crippen LogP contribution in [0.3, 0.4) is 0 Å². The molecule has 2 nitrogen and oxygen atoms in total. The Morgan fingerprint density at radius 1 is 1.38 bits per heavy atom. The molecule has 2 saturated carbocycles. The second kappa shape index (κ2) is 2.96. The third kappa shape index (κ3) is 1.37. The second-order valence-electron chi connectivity index (χ2n) is 4.56. The van der Waals surface area contributed by atoms with Crippen molar-refractivity contribution in [3.8, 4) is 0 Å². The molecule has 0 unspecified atom stereocenters. The molecule has 2 aliphatic rings. The van der Waals surface area contributed by atoms with Crippen molar-refractivity contribution in [3.63, 3.8) is 0 Å². The lowest BCUT2D eigenvalue weighted by molar-refractivity contribution is 0.342. The van der Waals surface area contributed by atoms with Gasteiger partial charge in [0, 0.05) is 5.33 Å². The molecule has 0 spiro atoms. The molecule has 0 radical (unpaired) electrons. The summed E-state index contributed by atoms with van der Waals surface area (Å²) in [6.07, 6.45) is 3.51. The zero-order valence-electron chi connectivity index (χ0n) is 7.79. The van der Waals surface area contributed by atoms with Crippen molar-refractivity contribution < 1.29 is 8.42 Å². The molecule has 0 N–H and O–H groups in total. The van der Waals surface area contributed by atoms with Crippen molar-refractivity contribution >= 4 is 25.8 Å². The van der Waals surface area contributed by atoms with Gasteiger partial charge >= 0.3 is 0 Å². The second-order valence-corrected chi connectivity index (χ2v) is 7.74. The first-order chi connectivity index (χ1) is 6.02. The van der Waals surface area contributed by atoms with Crippen LogP contribution in [-0.4, -0.2) is 23.7 Å². The number of hydrogen-bond acceptors (Lipinski definition) is 2. The van der Waals surface area contributed by atoms with Gasteiger partial charge in [-0.05, 0) is 31.6 Å². The predicted octanol–water partition coefficient (Wildman–Crippen LogP) is 2.13. The average Bonchev–Trinajstić information content (AvgIpc) is 2.78. The van der Waals surface area contributed by atoms with Gasteiger partial charge in [-0.25, -0.2) is 8.42 Å². The van der Waals surface area contributed by atoms with Crippen molar-refractivity contribution in [1.29, 1.82) is 0 Å². The summed E-state index contributed by atoms with van der Waals surface area (Å²) in [4.78, 5) is 0. The quantitative estimate of drug-likeness (QED) is 0.734. The molecule has 2 aliphatic carbocycles. The van der Waals surface area contributed by atoms with Gasteiger partial charge < -0.3 is 0 Å². The largest absolute Gasteiger partial charge is 0.228 e. The maximum absolute atomic E-state index is 12.0. The number of hydrogen-bond donors (Lipinski definition) is 0. The highest BCUT2D eigenvalue weighted by molar-refractivity contribution is 9.09. The third-order valence-corrected chi connectivity index (χ3v) is 7.89. The monoisotopic (exact) mass is 266 g/mol. The van der Waals surface area contributed by atoms with Gasteiger partial charge in [-0.1, -0.05) is 22.9 Å². The zero-order valence-corrected chi connectivity index (χ0v) is 10.2. The van der Waals surface area contributed by atoms with Crippen LogP contribution in [0.15, 0.2) is 0 Å². The third-order valence-electron chi connectivity index (χ3n) is 3.42. The van der Waals surface area contributed by atoms with Crippen molar-refractivity contribution in [2.45, 2.75) is 42.6 Å². The lowest BCUT2D eigenvalue weighted by atomic mass is 9.87. The van der Waals surface area contributed by atoms with E-state index in [1.54, 1.807) is 0 Å². The molecule has 0 amide bonds. The summed E-state index contributed by atoms with van der Waals surface area (Å²) < 4.78 is 23.7. The lowest BCUT2D eigenvalue weighted by Gasteiger charge is -2.34. The van der Waals surface area contributed by atoms with E-state index >= 15 is 0 Å². The fourth-order valence-electron chi connectivity index (χ4n) is 2.07. The molecule has 0 bridgehead atoms. The Kier molecular flexibility index (Phi) is 2.27. The van der Waals surface area contributed by atoms with E-state index < -0.39 is 9.84 Å². The van der Waals surface area contributed by atoms with Crippen LogP contribution in [0.5, 0.6) is 0 Å². The Bertz CT molecular complexity index is 300. The van der Waals surface area contributed by atoms with Gasteiger partial charge in [0.15, 0.2) is 9.84 Å². The Labute approximate surface area is 88.1 Å². The molecule has 2 fully saturated rings. The van der Waals surface area contributed by atoms with Crippen LogP contribution in [0.1, 0.15) is 32.6 Å². The summed E-state index contributed by atoms with van der Waals surface area (Å²) in [5.74, 6) is 0.617. The first-order valence-electron chi connectivity index (χ1n) is 4.81. The van der Waals surface area contributed by atoms with Crippen molar-refractivity contribution in [3.05, 3.63) is 0 Å². The van der Waals surface area contributed by atoms with E-state index in [9.17, 15) is 8.42 Å². The van der Waals surface area contributed by atoms with Gasteiger partial charge in [-0.2, -0.15) is 0 Å². The number of halogens is 1. The van der Waals surface area contributed by atoms with Gasteiger partial charge in [0.05, 0.1) is 10.00 Å². The molecule has 0 aromatic heterocycles. The van der Waals surface area contributed by atoms with Crippen LogP contribution in [-0.2, 0) is 9.84 Å². The van der Waals surface area contributed by atoms with E-state index in [2.05, 4.69) is 22.9 Å². The van der Waals surface area contributed by atoms with E-state index in [0.29, 0.717) is 11.2 Å². The van der Waals surface area contributed by atoms with Crippen LogP contribution in [0.2, 0.25) is 0 Å². The molecule has 0 aliphatic heterocycles. The Balaban J connectivity index is 2.13. The fraction of sp³-hybridized carbons (Fsp3) is 1.00. The minimum absolute atomic E-state index is 0.0254. The van der Waals surface area contributed by atoms with Gasteiger partial charge in [-0.15, -0.1) is 0 Å². The standard InChI is InChI=1S/C9H15BrO2S/c1-7-4-8(5-7)13(11,12)9(6-10)2-3-9/h7-8H,2-6H2,1H3/t7-,8-. The van der Waals surface area contributed by atoms with Crippen LogP contribution in [0, 0.1) is 5.92 Å². The molecule has 13 heavy (non-hydrogen) atoms. The molecule has 0 aromatic rings. The molecule has 0 saturated heterocycles. The first-order valence-corrected chi connectivity index (χ1v) is 7.48. The smallest absolute Gasteiger partial charge is 0.159 e. The predicted molar refractivity (Wildman–Crippen MR) is 56.9 cm³/mol. The van der Waals surface area contributed by atoms with Crippen LogP contribution >= 0.6 is 15.9 Å². The lowest BCUT2D eigenvalue weighted by Crippen LogP contribution is -2.42. The molecule has 0 aromatic carbocycles. The van der Waals surface area contributed by atoms with Gasteiger partial charge in [0.2, 0.25) is 0 Å². The summed E-state index contributed by atoms with van der Waals surface area (Å²) in [6.45, 7) is 2.12. The molecule has 2 rings (SSSR count). The maximum Gasteiger partial charge on any atom is 0.159 e. The minimum atomic E-state index is -2.82. The molecule has 76 valence electrons. The van der Waals surface area contributed by atoms with E-state index in [1.165, 1.54) is 0 Å². The number of rotatable bonds is 3. The number of alkyl halides is 1. The van der Waals surface area contributed by atoms with Crippen LogP contribution < -0.4 is 0 Å². The average molecular weight is 267 g/mol. The van der Waals surface area contributed by atoms with E-state index in [1.807, 2.05) is 0 Å². The van der Waals surface area contributed by atoms with E-state index in [0.717, 1.165) is 25.7 Å². The van der Waals surface area contributed by atoms with Crippen LogP contribution in [0.4, 0.5) is 0 Å². The molecule has 4 heteroatoms. The molecule has 0 atom stereocenters. The summed E-state index contributed by atoms with van der Waals surface area (Å²) in [5.41, 5.74) is 0. The van der Waals surface area contributed by atoms with E-state index in [-0.39, 0.29) is 10.00 Å². The first kappa shape index (κ1) is 9.97. The van der Waals surface area contributed by atoms with Crippen LogP contribution in [0.25, 0.3) is 0 Å².